The lowest BCUT2D eigenvalue weighted by Gasteiger charge is -2.16. The van der Waals surface area contributed by atoms with E-state index in [0.29, 0.717) is 52.1 Å². The van der Waals surface area contributed by atoms with Crippen LogP contribution < -0.4 is 34.5 Å². The molecule has 0 bridgehead atoms. The van der Waals surface area contributed by atoms with Crippen molar-refractivity contribution in [3.05, 3.63) is 108 Å². The minimum atomic E-state index is -0.599. The van der Waals surface area contributed by atoms with Crippen molar-refractivity contribution in [2.45, 2.75) is 36.3 Å². The minimum absolute atomic E-state index is 0.0523. The first-order valence-corrected chi connectivity index (χ1v) is 17.2. The second kappa shape index (κ2) is 17.3. The predicted molar refractivity (Wildman–Crippen MR) is 197 cm³/mol. The lowest BCUT2D eigenvalue weighted by molar-refractivity contribution is -0.121. The third kappa shape index (κ3) is 9.08. The summed E-state index contributed by atoms with van der Waals surface area (Å²) in [4.78, 5) is 55.0. The van der Waals surface area contributed by atoms with E-state index in [-0.39, 0.29) is 23.9 Å². The molecule has 0 radical (unpaired) electrons. The molecule has 0 saturated carbocycles. The topological polar surface area (TPSA) is 132 Å². The summed E-state index contributed by atoms with van der Waals surface area (Å²) in [7, 11) is 4.47. The zero-order valence-corrected chi connectivity index (χ0v) is 29.6. The van der Waals surface area contributed by atoms with E-state index in [9.17, 15) is 19.2 Å². The van der Waals surface area contributed by atoms with Gasteiger partial charge in [-0.05, 0) is 79.2 Å². The standard InChI is InChI=1S/C39H39N3O8S/c1-5-6-20-50-29-16-14-28(15-17-29)42-36(43)24-35(39(42)46)51-30-18-12-27(13-19-30)40-38(45)31(41-37(44)25-10-8-7-9-11-25)21-26-22-33(48-3)34(49-4)23-32(26)47-2/h7-19,21-23,35H,5-6,20,24H2,1-4H3,(H,40,45)(H,41,44)/b31-21-. The molecule has 1 aliphatic heterocycles. The van der Waals surface area contributed by atoms with Gasteiger partial charge in [0.1, 0.15) is 17.2 Å². The number of carbonyl (C=O) groups is 4. The number of nitrogens with one attached hydrogen (secondary N) is 2. The number of benzene rings is 4. The van der Waals surface area contributed by atoms with Gasteiger partial charge in [0.05, 0.1) is 38.9 Å². The lowest BCUT2D eigenvalue weighted by atomic mass is 10.1. The SMILES string of the molecule is CCCCOc1ccc(N2C(=O)CC(Sc3ccc(NC(=O)/C(=C/c4cc(OC)c(OC)cc4OC)NC(=O)c4ccccc4)cc3)C2=O)cc1. The molecule has 1 fully saturated rings. The maximum Gasteiger partial charge on any atom is 0.272 e. The van der Waals surface area contributed by atoms with Crippen LogP contribution in [-0.2, 0) is 14.4 Å². The first kappa shape index (κ1) is 36.5. The Bertz CT molecular complexity index is 1900. The van der Waals surface area contributed by atoms with E-state index in [2.05, 4.69) is 17.6 Å². The third-order valence-corrected chi connectivity index (χ3v) is 9.12. The van der Waals surface area contributed by atoms with Crippen LogP contribution in [0.1, 0.15) is 42.1 Å². The molecule has 1 atom stereocenters. The molecule has 0 aromatic heterocycles. The third-order valence-electron chi connectivity index (χ3n) is 7.92. The highest BCUT2D eigenvalue weighted by molar-refractivity contribution is 8.00. The maximum absolute atomic E-state index is 13.7. The van der Waals surface area contributed by atoms with Crippen LogP contribution >= 0.6 is 11.8 Å². The van der Waals surface area contributed by atoms with E-state index in [1.165, 1.54) is 44.1 Å². The Morgan fingerprint density at radius 1 is 0.863 bits per heavy atom. The Balaban J connectivity index is 1.30. The molecule has 12 heteroatoms. The fourth-order valence-electron chi connectivity index (χ4n) is 5.24. The van der Waals surface area contributed by atoms with Gasteiger partial charge in [0.15, 0.2) is 11.5 Å². The second-order valence-electron chi connectivity index (χ2n) is 11.4. The number of nitrogens with zero attached hydrogens (tertiary/aromatic N) is 1. The van der Waals surface area contributed by atoms with Gasteiger partial charge in [-0.1, -0.05) is 31.5 Å². The van der Waals surface area contributed by atoms with Crippen molar-refractivity contribution < 1.29 is 38.1 Å². The number of carbonyl (C=O) groups excluding carboxylic acids is 4. The summed E-state index contributed by atoms with van der Waals surface area (Å²) in [5, 5.41) is 4.94. The monoisotopic (exact) mass is 709 g/mol. The Labute approximate surface area is 300 Å². The van der Waals surface area contributed by atoms with Gasteiger partial charge in [0.2, 0.25) is 11.8 Å². The molecule has 1 aliphatic rings. The summed E-state index contributed by atoms with van der Waals surface area (Å²) in [6.45, 7) is 2.69. The highest BCUT2D eigenvalue weighted by Gasteiger charge is 2.40. The van der Waals surface area contributed by atoms with E-state index in [4.69, 9.17) is 18.9 Å². The molecule has 4 aromatic rings. The van der Waals surface area contributed by atoms with Gasteiger partial charge in [-0.3, -0.25) is 19.2 Å². The molecule has 11 nitrogen and oxygen atoms in total. The number of imide groups is 1. The molecule has 0 spiro atoms. The summed E-state index contributed by atoms with van der Waals surface area (Å²) in [5.74, 6) is 0.270. The van der Waals surface area contributed by atoms with Crippen LogP contribution in [0.3, 0.4) is 0 Å². The summed E-state index contributed by atoms with van der Waals surface area (Å²) < 4.78 is 22.0. The molecular weight excluding hydrogens is 671 g/mol. The molecule has 1 saturated heterocycles. The summed E-state index contributed by atoms with van der Waals surface area (Å²) in [6.07, 6.45) is 3.52. The van der Waals surface area contributed by atoms with Crippen molar-refractivity contribution in [2.24, 2.45) is 0 Å². The molecule has 0 aliphatic carbocycles. The Kier molecular flexibility index (Phi) is 12.4. The van der Waals surface area contributed by atoms with Crippen LogP contribution in [0.2, 0.25) is 0 Å². The van der Waals surface area contributed by atoms with Crippen LogP contribution in [0.4, 0.5) is 11.4 Å². The molecular formula is C39H39N3O8S. The highest BCUT2D eigenvalue weighted by atomic mass is 32.2. The highest BCUT2D eigenvalue weighted by Crippen LogP contribution is 2.37. The smallest absolute Gasteiger partial charge is 0.272 e. The van der Waals surface area contributed by atoms with Gasteiger partial charge in [0.25, 0.3) is 11.8 Å². The number of hydrogen-bond donors (Lipinski definition) is 2. The molecule has 2 N–H and O–H groups in total. The van der Waals surface area contributed by atoms with Crippen molar-refractivity contribution in [3.63, 3.8) is 0 Å². The van der Waals surface area contributed by atoms with E-state index in [0.717, 1.165) is 17.7 Å². The van der Waals surface area contributed by atoms with Gasteiger partial charge < -0.3 is 29.6 Å². The van der Waals surface area contributed by atoms with Crippen LogP contribution in [0.25, 0.3) is 6.08 Å². The summed E-state index contributed by atoms with van der Waals surface area (Å²) >= 11 is 1.28. The predicted octanol–water partition coefficient (Wildman–Crippen LogP) is 6.73. The fourth-order valence-corrected chi connectivity index (χ4v) is 6.29. The first-order chi connectivity index (χ1) is 24.7. The van der Waals surface area contributed by atoms with Crippen molar-refractivity contribution >= 4 is 52.8 Å². The number of rotatable bonds is 15. The van der Waals surface area contributed by atoms with Gasteiger partial charge in [-0.25, -0.2) is 4.90 Å². The summed E-state index contributed by atoms with van der Waals surface area (Å²) in [6, 6.07) is 25.6. The largest absolute Gasteiger partial charge is 0.496 e. The molecule has 4 amide bonds. The summed E-state index contributed by atoms with van der Waals surface area (Å²) in [5.41, 5.74) is 1.72. The number of anilines is 2. The van der Waals surface area contributed by atoms with E-state index < -0.39 is 17.1 Å². The Morgan fingerprint density at radius 2 is 1.53 bits per heavy atom. The number of thioether (sulfide) groups is 1. The van der Waals surface area contributed by atoms with E-state index >= 15 is 0 Å². The Morgan fingerprint density at radius 3 is 2.18 bits per heavy atom. The number of unbranched alkanes of at least 4 members (excludes halogenated alkanes) is 1. The number of methoxy groups -OCH3 is 3. The van der Waals surface area contributed by atoms with Gasteiger partial charge >= 0.3 is 0 Å². The average Bonchev–Trinajstić information content (AvgIpc) is 3.43. The van der Waals surface area contributed by atoms with Crippen LogP contribution in [0.15, 0.2) is 102 Å². The minimum Gasteiger partial charge on any atom is -0.496 e. The zero-order chi connectivity index (χ0) is 36.3. The number of ether oxygens (including phenoxy) is 4. The maximum atomic E-state index is 13.7. The molecule has 1 heterocycles. The Hall–Kier alpha value is -5.75. The van der Waals surface area contributed by atoms with E-state index in [1.54, 1.807) is 91.0 Å². The average molecular weight is 710 g/mol. The normalized spacial score (nSPS) is 14.2. The van der Waals surface area contributed by atoms with Crippen LogP contribution in [0, 0.1) is 0 Å². The van der Waals surface area contributed by atoms with Crippen molar-refractivity contribution in [2.75, 3.05) is 38.2 Å². The molecule has 4 aromatic carbocycles. The fraction of sp³-hybridized carbons (Fsp3) is 0.231. The zero-order valence-electron chi connectivity index (χ0n) is 28.8. The van der Waals surface area contributed by atoms with Crippen molar-refractivity contribution in [1.82, 2.24) is 5.32 Å². The molecule has 5 rings (SSSR count). The van der Waals surface area contributed by atoms with Crippen molar-refractivity contribution in [3.8, 4) is 23.0 Å². The van der Waals surface area contributed by atoms with Crippen molar-refractivity contribution in [1.29, 1.82) is 0 Å². The van der Waals surface area contributed by atoms with E-state index in [1.807, 2.05) is 0 Å². The molecule has 51 heavy (non-hydrogen) atoms. The molecule has 264 valence electrons. The van der Waals surface area contributed by atoms with Crippen LogP contribution in [-0.4, -0.2) is 56.8 Å². The van der Waals surface area contributed by atoms with Crippen LogP contribution in [0.5, 0.6) is 23.0 Å². The second-order valence-corrected chi connectivity index (χ2v) is 12.7. The first-order valence-electron chi connectivity index (χ1n) is 16.3. The number of amides is 4. The quantitative estimate of drug-likeness (QED) is 0.0784. The number of hydrogen-bond acceptors (Lipinski definition) is 9. The van der Waals surface area contributed by atoms with Gasteiger partial charge in [-0.2, -0.15) is 0 Å². The lowest BCUT2D eigenvalue weighted by Crippen LogP contribution is -2.31. The molecule has 1 unspecified atom stereocenters. The van der Waals surface area contributed by atoms with Gasteiger partial charge in [-0.15, -0.1) is 11.8 Å². The van der Waals surface area contributed by atoms with Gasteiger partial charge in [0, 0.05) is 34.2 Å².